The maximum absolute atomic E-state index is 11.9. The zero-order valence-electron chi connectivity index (χ0n) is 10.3. The highest BCUT2D eigenvalue weighted by molar-refractivity contribution is 6.41. The smallest absolute Gasteiger partial charge is 0.288 e. The molecule has 5 nitrogen and oxygen atoms in total. The highest BCUT2D eigenvalue weighted by atomic mass is 35.5. The van der Waals surface area contributed by atoms with Crippen molar-refractivity contribution in [2.45, 2.75) is 32.7 Å². The molecule has 0 aromatic carbocycles. The van der Waals surface area contributed by atoms with Crippen molar-refractivity contribution in [3.8, 4) is 0 Å². The lowest BCUT2D eigenvalue weighted by molar-refractivity contribution is -0.0779. The van der Waals surface area contributed by atoms with Gasteiger partial charge in [-0.2, -0.15) is 5.10 Å². The van der Waals surface area contributed by atoms with Crippen LogP contribution in [0.25, 0.3) is 0 Å². The molecule has 7 heteroatoms. The van der Waals surface area contributed by atoms with E-state index in [0.717, 1.165) is 13.1 Å². The number of ether oxygens (including phenoxy) is 1. The summed E-state index contributed by atoms with van der Waals surface area (Å²) in [5, 5.41) is 4.19. The average molecular weight is 292 g/mol. The molecule has 0 radical (unpaired) electrons. The SMILES string of the molecule is C[C@H]1CN(Cn2ncc(Cl)c(Cl)c2=O)C[C@H](C)O1. The monoisotopic (exact) mass is 291 g/mol. The van der Waals surface area contributed by atoms with Crippen LogP contribution in [-0.4, -0.2) is 40.0 Å². The molecule has 2 atom stereocenters. The predicted octanol–water partition coefficient (Wildman–Crippen LogP) is 1.62. The molecule has 1 aromatic heterocycles. The van der Waals surface area contributed by atoms with E-state index in [1.807, 2.05) is 13.8 Å². The van der Waals surface area contributed by atoms with Gasteiger partial charge in [-0.15, -0.1) is 0 Å². The first-order valence-corrected chi connectivity index (χ1v) is 6.52. The van der Waals surface area contributed by atoms with Crippen LogP contribution in [0, 0.1) is 0 Å². The molecule has 2 rings (SSSR count). The van der Waals surface area contributed by atoms with Gasteiger partial charge in [0.25, 0.3) is 5.56 Å². The van der Waals surface area contributed by atoms with Crippen molar-refractivity contribution >= 4 is 23.2 Å². The summed E-state index contributed by atoms with van der Waals surface area (Å²) in [7, 11) is 0. The van der Waals surface area contributed by atoms with Gasteiger partial charge in [0.1, 0.15) is 5.02 Å². The molecule has 0 amide bonds. The lowest BCUT2D eigenvalue weighted by Gasteiger charge is -2.35. The van der Waals surface area contributed by atoms with E-state index in [0.29, 0.717) is 6.67 Å². The van der Waals surface area contributed by atoms with Gasteiger partial charge in [-0.1, -0.05) is 23.2 Å². The molecule has 1 aromatic rings. The van der Waals surface area contributed by atoms with Crippen molar-refractivity contribution in [2.24, 2.45) is 0 Å². The van der Waals surface area contributed by atoms with Gasteiger partial charge in [-0.25, -0.2) is 4.68 Å². The van der Waals surface area contributed by atoms with Gasteiger partial charge in [0.2, 0.25) is 0 Å². The lowest BCUT2D eigenvalue weighted by Crippen LogP contribution is -2.47. The second-order valence-electron chi connectivity index (χ2n) is 4.55. The Labute approximate surface area is 115 Å². The summed E-state index contributed by atoms with van der Waals surface area (Å²) < 4.78 is 6.95. The summed E-state index contributed by atoms with van der Waals surface area (Å²) in [6.07, 6.45) is 1.68. The Morgan fingerprint density at radius 1 is 1.39 bits per heavy atom. The Bertz CT molecular complexity index is 482. The van der Waals surface area contributed by atoms with E-state index < -0.39 is 0 Å². The number of rotatable bonds is 2. The van der Waals surface area contributed by atoms with E-state index in [4.69, 9.17) is 27.9 Å². The third-order valence-electron chi connectivity index (χ3n) is 2.77. The minimum Gasteiger partial charge on any atom is -0.373 e. The standard InChI is InChI=1S/C11H15Cl2N3O2/c1-7-4-15(5-8(2)18-7)6-16-11(17)10(13)9(12)3-14-16/h3,7-8H,4-6H2,1-2H3/t7-,8-/m0/s1. The number of halogens is 2. The summed E-state index contributed by atoms with van der Waals surface area (Å²) in [5.41, 5.74) is -0.365. The highest BCUT2D eigenvalue weighted by Gasteiger charge is 2.23. The molecule has 0 saturated carbocycles. The number of hydrogen-bond acceptors (Lipinski definition) is 4. The summed E-state index contributed by atoms with van der Waals surface area (Å²) in [6, 6.07) is 0. The van der Waals surface area contributed by atoms with Gasteiger partial charge >= 0.3 is 0 Å². The van der Waals surface area contributed by atoms with Gasteiger partial charge < -0.3 is 4.74 Å². The molecule has 0 bridgehead atoms. The van der Waals surface area contributed by atoms with Crippen LogP contribution >= 0.6 is 23.2 Å². The van der Waals surface area contributed by atoms with Crippen LogP contribution < -0.4 is 5.56 Å². The van der Waals surface area contributed by atoms with Gasteiger partial charge in [-0.05, 0) is 13.8 Å². The van der Waals surface area contributed by atoms with Crippen molar-refractivity contribution in [3.63, 3.8) is 0 Å². The van der Waals surface area contributed by atoms with Gasteiger partial charge in [0.15, 0.2) is 0 Å². The van der Waals surface area contributed by atoms with Crippen LogP contribution in [0.1, 0.15) is 13.8 Å². The van der Waals surface area contributed by atoms with Crippen LogP contribution in [0.3, 0.4) is 0 Å². The second-order valence-corrected chi connectivity index (χ2v) is 5.33. The third kappa shape index (κ3) is 3.03. The van der Waals surface area contributed by atoms with Crippen molar-refractivity contribution in [1.29, 1.82) is 0 Å². The molecule has 0 unspecified atom stereocenters. The molecular formula is C11H15Cl2N3O2. The number of aromatic nitrogens is 2. The molecule has 1 aliphatic heterocycles. The van der Waals surface area contributed by atoms with E-state index in [-0.39, 0.29) is 27.8 Å². The van der Waals surface area contributed by atoms with Gasteiger partial charge in [0, 0.05) is 13.1 Å². The molecule has 1 fully saturated rings. The average Bonchev–Trinajstić information content (AvgIpc) is 2.29. The van der Waals surface area contributed by atoms with Crippen LogP contribution in [0.5, 0.6) is 0 Å². The van der Waals surface area contributed by atoms with E-state index in [1.165, 1.54) is 10.9 Å². The summed E-state index contributed by atoms with van der Waals surface area (Å²) in [6.45, 7) is 5.94. The van der Waals surface area contributed by atoms with Crippen molar-refractivity contribution in [1.82, 2.24) is 14.7 Å². The summed E-state index contributed by atoms with van der Waals surface area (Å²) in [4.78, 5) is 14.0. The molecular weight excluding hydrogens is 277 g/mol. The maximum Gasteiger partial charge on any atom is 0.288 e. The molecule has 100 valence electrons. The van der Waals surface area contributed by atoms with Crippen molar-refractivity contribution < 1.29 is 4.74 Å². The van der Waals surface area contributed by atoms with E-state index >= 15 is 0 Å². The fourth-order valence-corrected chi connectivity index (χ4v) is 2.41. The first-order chi connectivity index (χ1) is 8.47. The maximum atomic E-state index is 11.9. The predicted molar refractivity (Wildman–Crippen MR) is 70.1 cm³/mol. The fraction of sp³-hybridized carbons (Fsp3) is 0.636. The Morgan fingerprint density at radius 2 is 2.00 bits per heavy atom. The number of morpholine rings is 1. The van der Waals surface area contributed by atoms with Gasteiger partial charge in [0.05, 0.1) is 30.1 Å². The molecule has 0 N–H and O–H groups in total. The summed E-state index contributed by atoms with van der Waals surface area (Å²) in [5.74, 6) is 0. The summed E-state index contributed by atoms with van der Waals surface area (Å²) >= 11 is 11.5. The zero-order chi connectivity index (χ0) is 13.3. The lowest BCUT2D eigenvalue weighted by atomic mass is 10.2. The minimum absolute atomic E-state index is 0.0148. The number of hydrogen-bond donors (Lipinski definition) is 0. The Balaban J connectivity index is 2.14. The van der Waals surface area contributed by atoms with Crippen LogP contribution in [0.15, 0.2) is 11.0 Å². The zero-order valence-corrected chi connectivity index (χ0v) is 11.8. The normalized spacial score (nSPS) is 25.3. The third-order valence-corrected chi connectivity index (χ3v) is 3.52. The molecule has 1 saturated heterocycles. The fourth-order valence-electron chi connectivity index (χ4n) is 2.13. The van der Waals surface area contributed by atoms with Crippen molar-refractivity contribution in [3.05, 3.63) is 26.6 Å². The molecule has 0 spiro atoms. The highest BCUT2D eigenvalue weighted by Crippen LogP contribution is 2.15. The van der Waals surface area contributed by atoms with Crippen LogP contribution in [0.2, 0.25) is 10.0 Å². The molecule has 18 heavy (non-hydrogen) atoms. The first-order valence-electron chi connectivity index (χ1n) is 5.76. The Kier molecular flexibility index (Phi) is 4.27. The quantitative estimate of drug-likeness (QED) is 0.831. The molecule has 2 heterocycles. The molecule has 1 aliphatic rings. The van der Waals surface area contributed by atoms with E-state index in [1.54, 1.807) is 0 Å². The number of nitrogens with zero attached hydrogens (tertiary/aromatic N) is 3. The molecule has 0 aliphatic carbocycles. The second kappa shape index (κ2) is 5.57. The van der Waals surface area contributed by atoms with Crippen molar-refractivity contribution in [2.75, 3.05) is 13.1 Å². The van der Waals surface area contributed by atoms with Crippen LogP contribution in [-0.2, 0) is 11.4 Å². The largest absolute Gasteiger partial charge is 0.373 e. The Morgan fingerprint density at radius 3 is 2.61 bits per heavy atom. The van der Waals surface area contributed by atoms with E-state index in [9.17, 15) is 4.79 Å². The topological polar surface area (TPSA) is 47.4 Å². The minimum atomic E-state index is -0.365. The Hall–Kier alpha value is -0.620. The van der Waals surface area contributed by atoms with Gasteiger partial charge in [-0.3, -0.25) is 9.69 Å². The first kappa shape index (κ1) is 13.8. The van der Waals surface area contributed by atoms with E-state index in [2.05, 4.69) is 10.00 Å². The van der Waals surface area contributed by atoms with Crippen LogP contribution in [0.4, 0.5) is 0 Å².